The number of nitrogens with two attached hydrogens (primary N) is 1. The predicted octanol–water partition coefficient (Wildman–Crippen LogP) is 1.24. The number of nitrogens with zero attached hydrogens (tertiary/aromatic N) is 2. The summed E-state index contributed by atoms with van der Waals surface area (Å²) in [5, 5.41) is 7.26. The Labute approximate surface area is 126 Å². The molecule has 1 aromatic rings. The van der Waals surface area contributed by atoms with E-state index >= 15 is 0 Å². The maximum absolute atomic E-state index is 12.4. The van der Waals surface area contributed by atoms with Crippen LogP contribution in [0.3, 0.4) is 0 Å². The van der Waals surface area contributed by atoms with Crippen LogP contribution in [0.5, 0.6) is 0 Å². The first-order valence-corrected chi connectivity index (χ1v) is 8.63. The monoisotopic (exact) mass is 312 g/mol. The second kappa shape index (κ2) is 8.09. The van der Waals surface area contributed by atoms with Gasteiger partial charge in [0.15, 0.2) is 0 Å². The topological polar surface area (TPSA) is 100 Å². The predicted molar refractivity (Wildman–Crippen MR) is 84.7 cm³/mol. The van der Waals surface area contributed by atoms with E-state index < -0.39 is 10.0 Å². The van der Waals surface area contributed by atoms with Crippen LogP contribution in [0.4, 0.5) is 0 Å². The van der Waals surface area contributed by atoms with Crippen molar-refractivity contribution in [2.24, 2.45) is 11.7 Å². The Morgan fingerprint density at radius 1 is 1.43 bits per heavy atom. The molecule has 21 heavy (non-hydrogen) atoms. The van der Waals surface area contributed by atoms with E-state index in [4.69, 9.17) is 11.1 Å². The van der Waals surface area contributed by atoms with Crippen LogP contribution in [-0.4, -0.2) is 42.4 Å². The third kappa shape index (κ3) is 6.68. The van der Waals surface area contributed by atoms with E-state index in [-0.39, 0.29) is 30.5 Å². The van der Waals surface area contributed by atoms with Crippen LogP contribution in [0, 0.1) is 11.3 Å². The Kier molecular flexibility index (Phi) is 6.77. The zero-order valence-corrected chi connectivity index (χ0v) is 13.4. The molecule has 0 amide bonds. The van der Waals surface area contributed by atoms with Crippen molar-refractivity contribution in [3.8, 4) is 0 Å². The lowest BCUT2D eigenvalue weighted by atomic mass is 10.2. The zero-order chi connectivity index (χ0) is 15.9. The summed E-state index contributed by atoms with van der Waals surface area (Å²) in [6.07, 6.45) is 2.30. The summed E-state index contributed by atoms with van der Waals surface area (Å²) in [6.45, 7) is 4.64. The molecule has 0 unspecified atom stereocenters. The third-order valence-electron chi connectivity index (χ3n) is 2.94. The minimum absolute atomic E-state index is 0.00341. The summed E-state index contributed by atoms with van der Waals surface area (Å²) >= 11 is 0. The number of hydrogen-bond donors (Lipinski definition) is 2. The van der Waals surface area contributed by atoms with Gasteiger partial charge in [-0.2, -0.15) is 0 Å². The average Bonchev–Trinajstić information content (AvgIpc) is 2.42. The molecule has 0 atom stereocenters. The van der Waals surface area contributed by atoms with Gasteiger partial charge in [-0.1, -0.05) is 19.9 Å². The lowest BCUT2D eigenvalue weighted by molar-refractivity contribution is 0.374. The van der Waals surface area contributed by atoms with E-state index in [1.165, 1.54) is 4.31 Å². The molecule has 0 aromatic carbocycles. The smallest absolute Gasteiger partial charge is 0.214 e. The highest BCUT2D eigenvalue weighted by Gasteiger charge is 2.22. The van der Waals surface area contributed by atoms with Crippen LogP contribution >= 0.6 is 0 Å². The molecule has 0 aliphatic heterocycles. The van der Waals surface area contributed by atoms with E-state index in [1.54, 1.807) is 12.3 Å². The molecule has 0 bridgehead atoms. The first kappa shape index (κ1) is 17.6. The molecule has 1 rings (SSSR count). The molecule has 3 N–H and O–H groups in total. The van der Waals surface area contributed by atoms with E-state index in [1.807, 2.05) is 26.0 Å². The van der Waals surface area contributed by atoms with E-state index in [0.29, 0.717) is 13.0 Å². The van der Waals surface area contributed by atoms with Gasteiger partial charge in [0.05, 0.1) is 11.6 Å². The molecular weight excluding hydrogens is 288 g/mol. The van der Waals surface area contributed by atoms with Crippen molar-refractivity contribution in [1.29, 1.82) is 5.41 Å². The quantitative estimate of drug-likeness (QED) is 0.529. The highest BCUT2D eigenvalue weighted by Crippen LogP contribution is 2.09. The summed E-state index contributed by atoms with van der Waals surface area (Å²) in [5.74, 6) is 0.250. The third-order valence-corrected chi connectivity index (χ3v) is 4.77. The molecule has 0 saturated carbocycles. The Bertz CT molecular complexity index is 543. The minimum Gasteiger partial charge on any atom is -0.388 e. The molecule has 0 fully saturated rings. The van der Waals surface area contributed by atoms with Gasteiger partial charge in [0.1, 0.15) is 0 Å². The van der Waals surface area contributed by atoms with Crippen LogP contribution < -0.4 is 5.73 Å². The minimum atomic E-state index is -3.37. The molecule has 7 heteroatoms. The van der Waals surface area contributed by atoms with Gasteiger partial charge >= 0.3 is 0 Å². The maximum Gasteiger partial charge on any atom is 0.214 e. The van der Waals surface area contributed by atoms with Gasteiger partial charge in [0.2, 0.25) is 10.0 Å². The van der Waals surface area contributed by atoms with Crippen molar-refractivity contribution in [2.45, 2.75) is 26.7 Å². The number of sulfonamides is 1. The van der Waals surface area contributed by atoms with Crippen LogP contribution in [0.1, 0.15) is 26.0 Å². The van der Waals surface area contributed by atoms with Crippen molar-refractivity contribution in [3.63, 3.8) is 0 Å². The molecule has 1 heterocycles. The number of aromatic nitrogens is 1. The molecule has 0 aliphatic carbocycles. The van der Waals surface area contributed by atoms with Gasteiger partial charge in [0.25, 0.3) is 0 Å². The van der Waals surface area contributed by atoms with Gasteiger partial charge in [-0.3, -0.25) is 10.4 Å². The van der Waals surface area contributed by atoms with Crippen LogP contribution in [-0.2, 0) is 16.4 Å². The molecule has 1 aromatic heterocycles. The number of rotatable bonds is 9. The van der Waals surface area contributed by atoms with Crippen LogP contribution in [0.25, 0.3) is 0 Å². The number of nitrogens with one attached hydrogen (secondary N) is 1. The summed E-state index contributed by atoms with van der Waals surface area (Å²) in [5.41, 5.74) is 6.09. The van der Waals surface area contributed by atoms with E-state index in [0.717, 1.165) is 5.69 Å². The fourth-order valence-electron chi connectivity index (χ4n) is 1.91. The fraction of sp³-hybridized carbons (Fsp3) is 0.571. The lowest BCUT2D eigenvalue weighted by Crippen LogP contribution is -2.38. The molecule has 118 valence electrons. The number of pyridine rings is 1. The van der Waals surface area contributed by atoms with Crippen molar-refractivity contribution in [2.75, 3.05) is 18.8 Å². The summed E-state index contributed by atoms with van der Waals surface area (Å²) in [6, 6.07) is 5.46. The Morgan fingerprint density at radius 2 is 2.14 bits per heavy atom. The van der Waals surface area contributed by atoms with Gasteiger partial charge in [-0.15, -0.1) is 0 Å². The van der Waals surface area contributed by atoms with Gasteiger partial charge in [-0.25, -0.2) is 12.7 Å². The largest absolute Gasteiger partial charge is 0.388 e. The van der Waals surface area contributed by atoms with Crippen molar-refractivity contribution in [1.82, 2.24) is 9.29 Å². The van der Waals surface area contributed by atoms with E-state index in [2.05, 4.69) is 4.98 Å². The zero-order valence-electron chi connectivity index (χ0n) is 12.6. The number of amidine groups is 1. The van der Waals surface area contributed by atoms with Crippen molar-refractivity contribution < 1.29 is 8.42 Å². The maximum atomic E-state index is 12.4. The summed E-state index contributed by atoms with van der Waals surface area (Å²) < 4.78 is 26.3. The number of aryl methyl sites for hydroxylation is 1. The van der Waals surface area contributed by atoms with Gasteiger partial charge in [0, 0.05) is 37.8 Å². The SMILES string of the molecule is CC(C)CN(CCC(=N)N)S(=O)(=O)CCc1ccccn1. The van der Waals surface area contributed by atoms with Crippen molar-refractivity contribution >= 4 is 15.9 Å². The van der Waals surface area contributed by atoms with Gasteiger partial charge in [-0.05, 0) is 18.1 Å². The second-order valence-electron chi connectivity index (χ2n) is 5.41. The van der Waals surface area contributed by atoms with Crippen molar-refractivity contribution in [3.05, 3.63) is 30.1 Å². The van der Waals surface area contributed by atoms with E-state index in [9.17, 15) is 8.42 Å². The Morgan fingerprint density at radius 3 is 2.67 bits per heavy atom. The Balaban J connectivity index is 2.71. The Hall–Kier alpha value is -1.47. The number of hydrogen-bond acceptors (Lipinski definition) is 4. The van der Waals surface area contributed by atoms with Gasteiger partial charge < -0.3 is 5.73 Å². The first-order chi connectivity index (χ1) is 9.81. The molecule has 0 spiro atoms. The van der Waals surface area contributed by atoms with Crippen LogP contribution in [0.2, 0.25) is 0 Å². The summed E-state index contributed by atoms with van der Waals surface area (Å²) in [4.78, 5) is 4.14. The molecule has 0 aliphatic rings. The van der Waals surface area contributed by atoms with Crippen LogP contribution in [0.15, 0.2) is 24.4 Å². The molecule has 0 saturated heterocycles. The normalized spacial score (nSPS) is 12.0. The summed E-state index contributed by atoms with van der Waals surface area (Å²) in [7, 11) is -3.37. The molecule has 0 radical (unpaired) electrons. The molecular formula is C14H24N4O2S. The average molecular weight is 312 g/mol. The second-order valence-corrected chi connectivity index (χ2v) is 7.50. The molecule has 6 nitrogen and oxygen atoms in total. The highest BCUT2D eigenvalue weighted by atomic mass is 32.2. The standard InChI is InChI=1S/C14H24N4O2S/c1-12(2)11-18(9-6-14(15)16)21(19,20)10-7-13-5-3-4-8-17-13/h3-5,8,12H,6-7,9-11H2,1-2H3,(H3,15,16). The fourth-order valence-corrected chi connectivity index (χ4v) is 3.53. The lowest BCUT2D eigenvalue weighted by Gasteiger charge is -2.23. The first-order valence-electron chi connectivity index (χ1n) is 7.02. The highest BCUT2D eigenvalue weighted by molar-refractivity contribution is 7.89.